The highest BCUT2D eigenvalue weighted by Gasteiger charge is 2.17. The molecule has 0 radical (unpaired) electrons. The molecule has 19 heavy (non-hydrogen) atoms. The lowest BCUT2D eigenvalue weighted by Gasteiger charge is -2.08. The van der Waals surface area contributed by atoms with E-state index in [1.54, 1.807) is 0 Å². The fraction of sp³-hybridized carbons (Fsp3) is 0. The Labute approximate surface area is 111 Å². The molecule has 1 aromatic carbocycles. The number of ether oxygens (including phenoxy) is 1. The van der Waals surface area contributed by atoms with Gasteiger partial charge in [-0.05, 0) is 24.3 Å². The first-order chi connectivity index (χ1) is 8.99. The number of carboxylic acids is 1. The highest BCUT2D eigenvalue weighted by Crippen LogP contribution is 2.30. The second-order valence-corrected chi connectivity index (χ2v) is 3.87. The van der Waals surface area contributed by atoms with E-state index in [-0.39, 0.29) is 10.8 Å². The third-order valence-corrected chi connectivity index (χ3v) is 2.48. The van der Waals surface area contributed by atoms with Crippen molar-refractivity contribution in [2.24, 2.45) is 0 Å². The summed E-state index contributed by atoms with van der Waals surface area (Å²) < 4.78 is 31.6. The molecule has 0 unspecified atom stereocenters. The van der Waals surface area contributed by atoms with Gasteiger partial charge in [-0.3, -0.25) is 0 Å². The molecule has 0 saturated carbocycles. The van der Waals surface area contributed by atoms with Crippen molar-refractivity contribution in [1.82, 2.24) is 4.98 Å². The summed E-state index contributed by atoms with van der Waals surface area (Å²) in [5, 5.41) is 8.67. The SMILES string of the molecule is O=C(O)c1ccnc(Oc2ccc(F)cc2Cl)c1F. The summed E-state index contributed by atoms with van der Waals surface area (Å²) >= 11 is 5.70. The van der Waals surface area contributed by atoms with Crippen LogP contribution >= 0.6 is 11.6 Å². The number of hydrogen-bond acceptors (Lipinski definition) is 3. The van der Waals surface area contributed by atoms with Crippen LogP contribution in [0.4, 0.5) is 8.78 Å². The quantitative estimate of drug-likeness (QED) is 0.937. The van der Waals surface area contributed by atoms with Crippen molar-refractivity contribution in [3.05, 3.63) is 52.7 Å². The predicted octanol–water partition coefficient (Wildman–Crippen LogP) is 3.50. The van der Waals surface area contributed by atoms with E-state index in [1.165, 1.54) is 6.07 Å². The largest absolute Gasteiger partial charge is 0.478 e. The van der Waals surface area contributed by atoms with Crippen molar-refractivity contribution < 1.29 is 23.4 Å². The lowest BCUT2D eigenvalue weighted by Crippen LogP contribution is -2.03. The van der Waals surface area contributed by atoms with Crippen LogP contribution in [0.2, 0.25) is 5.02 Å². The first-order valence-electron chi connectivity index (χ1n) is 4.99. The van der Waals surface area contributed by atoms with E-state index in [0.29, 0.717) is 0 Å². The predicted molar refractivity (Wildman–Crippen MR) is 62.6 cm³/mol. The van der Waals surface area contributed by atoms with Gasteiger partial charge in [0.1, 0.15) is 17.1 Å². The van der Waals surface area contributed by atoms with Crippen molar-refractivity contribution in [2.45, 2.75) is 0 Å². The van der Waals surface area contributed by atoms with Crippen LogP contribution < -0.4 is 4.74 Å². The summed E-state index contributed by atoms with van der Waals surface area (Å²) in [6.45, 7) is 0. The topological polar surface area (TPSA) is 59.4 Å². The fourth-order valence-corrected chi connectivity index (χ4v) is 1.53. The third-order valence-electron chi connectivity index (χ3n) is 2.19. The van der Waals surface area contributed by atoms with E-state index < -0.39 is 29.0 Å². The molecule has 2 rings (SSSR count). The Morgan fingerprint density at radius 2 is 2.05 bits per heavy atom. The van der Waals surface area contributed by atoms with E-state index in [9.17, 15) is 13.6 Å². The average molecular weight is 286 g/mol. The lowest BCUT2D eigenvalue weighted by atomic mass is 10.2. The van der Waals surface area contributed by atoms with Gasteiger partial charge in [-0.2, -0.15) is 0 Å². The van der Waals surface area contributed by atoms with Gasteiger partial charge in [0.2, 0.25) is 0 Å². The molecule has 2 aromatic rings. The monoisotopic (exact) mass is 285 g/mol. The molecule has 7 heteroatoms. The van der Waals surface area contributed by atoms with Gasteiger partial charge in [-0.15, -0.1) is 0 Å². The van der Waals surface area contributed by atoms with Gasteiger partial charge >= 0.3 is 5.97 Å². The number of hydrogen-bond donors (Lipinski definition) is 1. The van der Waals surface area contributed by atoms with Crippen LogP contribution in [0.25, 0.3) is 0 Å². The van der Waals surface area contributed by atoms with E-state index in [0.717, 1.165) is 24.4 Å². The molecule has 0 bridgehead atoms. The summed E-state index contributed by atoms with van der Waals surface area (Å²) in [6.07, 6.45) is 1.08. The number of aromatic carboxylic acids is 1. The number of nitrogens with zero attached hydrogens (tertiary/aromatic N) is 1. The molecule has 0 aliphatic carbocycles. The first-order valence-corrected chi connectivity index (χ1v) is 5.37. The van der Waals surface area contributed by atoms with E-state index in [4.69, 9.17) is 21.4 Å². The Morgan fingerprint density at radius 1 is 1.32 bits per heavy atom. The molecular weight excluding hydrogens is 280 g/mol. The molecule has 0 aliphatic heterocycles. The van der Waals surface area contributed by atoms with Crippen LogP contribution in [0.1, 0.15) is 10.4 Å². The van der Waals surface area contributed by atoms with E-state index in [1.807, 2.05) is 0 Å². The second-order valence-electron chi connectivity index (χ2n) is 3.46. The Bertz CT molecular complexity index is 649. The van der Waals surface area contributed by atoms with Crippen molar-refractivity contribution in [1.29, 1.82) is 0 Å². The summed E-state index contributed by atoms with van der Waals surface area (Å²) in [5.74, 6) is -3.74. The molecule has 0 spiro atoms. The molecule has 0 saturated heterocycles. The molecule has 1 N–H and O–H groups in total. The minimum atomic E-state index is -1.45. The molecular formula is C12H6ClF2NO3. The minimum absolute atomic E-state index is 0.0306. The molecule has 0 fully saturated rings. The van der Waals surface area contributed by atoms with E-state index >= 15 is 0 Å². The van der Waals surface area contributed by atoms with Gasteiger partial charge in [0.05, 0.1) is 5.02 Å². The Kier molecular flexibility index (Phi) is 3.62. The number of rotatable bonds is 3. The Hall–Kier alpha value is -2.21. The number of carboxylic acid groups (broad SMARTS) is 1. The van der Waals surface area contributed by atoms with Crippen molar-refractivity contribution in [2.75, 3.05) is 0 Å². The van der Waals surface area contributed by atoms with Crippen LogP contribution in [0, 0.1) is 11.6 Å². The molecule has 0 atom stereocenters. The van der Waals surface area contributed by atoms with Crippen molar-refractivity contribution in [3.63, 3.8) is 0 Å². The summed E-state index contributed by atoms with van der Waals surface area (Å²) in [6, 6.07) is 4.24. The zero-order valence-corrected chi connectivity index (χ0v) is 9.99. The molecule has 98 valence electrons. The maximum Gasteiger partial charge on any atom is 0.338 e. The smallest absolute Gasteiger partial charge is 0.338 e. The maximum atomic E-state index is 13.7. The van der Waals surface area contributed by atoms with Crippen molar-refractivity contribution in [3.8, 4) is 11.6 Å². The number of halogens is 3. The van der Waals surface area contributed by atoms with Crippen molar-refractivity contribution >= 4 is 17.6 Å². The average Bonchev–Trinajstić information content (AvgIpc) is 2.34. The number of aromatic nitrogens is 1. The van der Waals surface area contributed by atoms with Gasteiger partial charge in [0.15, 0.2) is 5.82 Å². The summed E-state index contributed by atoms with van der Waals surface area (Å²) in [7, 11) is 0. The number of pyridine rings is 1. The normalized spacial score (nSPS) is 10.3. The molecule has 1 aromatic heterocycles. The van der Waals surface area contributed by atoms with Gasteiger partial charge in [-0.1, -0.05) is 11.6 Å². The van der Waals surface area contributed by atoms with Gasteiger partial charge in [-0.25, -0.2) is 18.6 Å². The molecule has 4 nitrogen and oxygen atoms in total. The molecule has 1 heterocycles. The maximum absolute atomic E-state index is 13.7. The minimum Gasteiger partial charge on any atom is -0.478 e. The number of carbonyl (C=O) groups is 1. The standard InChI is InChI=1S/C12H6ClF2NO3/c13-8-5-6(14)1-2-9(8)19-11-10(15)7(12(17)18)3-4-16-11/h1-5H,(H,17,18). The van der Waals surface area contributed by atoms with Crippen LogP contribution in [-0.2, 0) is 0 Å². The molecule has 0 aliphatic rings. The summed E-state index contributed by atoms with van der Waals surface area (Å²) in [5.41, 5.74) is -0.580. The van der Waals surface area contributed by atoms with Gasteiger partial charge in [0, 0.05) is 6.20 Å². The Balaban J connectivity index is 2.38. The Morgan fingerprint density at radius 3 is 2.68 bits per heavy atom. The molecule has 0 amide bonds. The van der Waals surface area contributed by atoms with Crippen LogP contribution in [0.3, 0.4) is 0 Å². The third kappa shape index (κ3) is 2.79. The highest BCUT2D eigenvalue weighted by atomic mass is 35.5. The second kappa shape index (κ2) is 5.19. The van der Waals surface area contributed by atoms with Gasteiger partial charge in [0.25, 0.3) is 5.88 Å². The zero-order chi connectivity index (χ0) is 14.0. The van der Waals surface area contributed by atoms with Crippen LogP contribution in [0.5, 0.6) is 11.6 Å². The summed E-state index contributed by atoms with van der Waals surface area (Å²) in [4.78, 5) is 14.3. The fourth-order valence-electron chi connectivity index (χ4n) is 1.32. The van der Waals surface area contributed by atoms with Gasteiger partial charge < -0.3 is 9.84 Å². The van der Waals surface area contributed by atoms with E-state index in [2.05, 4.69) is 4.98 Å². The first kappa shape index (κ1) is 13.2. The zero-order valence-electron chi connectivity index (χ0n) is 9.23. The highest BCUT2D eigenvalue weighted by molar-refractivity contribution is 6.32. The van der Waals surface area contributed by atoms with Crippen LogP contribution in [-0.4, -0.2) is 16.1 Å². The number of benzene rings is 1. The lowest BCUT2D eigenvalue weighted by molar-refractivity contribution is 0.0690. The van der Waals surface area contributed by atoms with Crippen LogP contribution in [0.15, 0.2) is 30.5 Å².